The minimum atomic E-state index is -3.57. The molecule has 0 atom stereocenters. The van der Waals surface area contributed by atoms with Gasteiger partial charge in [-0.2, -0.15) is 5.26 Å². The molecule has 29 heavy (non-hydrogen) atoms. The number of benzene rings is 1. The second-order valence-electron chi connectivity index (χ2n) is 7.32. The maximum Gasteiger partial charge on any atom is 0.235 e. The highest BCUT2D eigenvalue weighted by atomic mass is 32.2. The number of carbonyl (C=O) groups is 1. The molecule has 1 aliphatic carbocycles. The third-order valence-electron chi connectivity index (χ3n) is 4.93. The molecular weight excluding hydrogens is 388 g/mol. The molecule has 1 fully saturated rings. The number of hydrogen-bond acceptors (Lipinski definition) is 6. The summed E-state index contributed by atoms with van der Waals surface area (Å²) in [6.07, 6.45) is 5.11. The standard InChI is InChI=1S/C21H24N4O3S/c22-13-16-4-6-17(7-5-16)14-29(27,28)15-21(26)25-19-10-8-18(9-11-19)24-20-3-1-2-12-23-20/h1-7,12,18-19H,8-11,14-15H2,(H,23,24)(H,25,26). The first-order valence-electron chi connectivity index (χ1n) is 9.60. The lowest BCUT2D eigenvalue weighted by Crippen LogP contribution is -2.42. The summed E-state index contributed by atoms with van der Waals surface area (Å²) in [6.45, 7) is 0. The zero-order valence-electron chi connectivity index (χ0n) is 16.0. The smallest absolute Gasteiger partial charge is 0.235 e. The predicted molar refractivity (Wildman–Crippen MR) is 111 cm³/mol. The van der Waals surface area contributed by atoms with Crippen molar-refractivity contribution in [2.75, 3.05) is 11.1 Å². The average Bonchev–Trinajstić information content (AvgIpc) is 2.70. The highest BCUT2D eigenvalue weighted by Gasteiger charge is 2.24. The van der Waals surface area contributed by atoms with Gasteiger partial charge in [0.25, 0.3) is 0 Å². The van der Waals surface area contributed by atoms with Crippen LogP contribution in [0.1, 0.15) is 36.8 Å². The molecular formula is C21H24N4O3S. The van der Waals surface area contributed by atoms with Gasteiger partial charge in [-0.15, -0.1) is 0 Å². The first-order chi connectivity index (χ1) is 13.9. The molecule has 1 aliphatic rings. The third kappa shape index (κ3) is 6.57. The van der Waals surface area contributed by atoms with Gasteiger partial charge in [0.05, 0.1) is 17.4 Å². The van der Waals surface area contributed by atoms with E-state index < -0.39 is 21.5 Å². The molecule has 7 nitrogen and oxygen atoms in total. The molecule has 1 amide bonds. The minimum Gasteiger partial charge on any atom is -0.367 e. The molecule has 0 aliphatic heterocycles. The number of nitrogens with zero attached hydrogens (tertiary/aromatic N) is 2. The van der Waals surface area contributed by atoms with Gasteiger partial charge in [-0.1, -0.05) is 18.2 Å². The number of pyridine rings is 1. The Morgan fingerprint density at radius 1 is 1.07 bits per heavy atom. The topological polar surface area (TPSA) is 112 Å². The van der Waals surface area contributed by atoms with Crippen LogP contribution in [0.4, 0.5) is 5.82 Å². The van der Waals surface area contributed by atoms with E-state index >= 15 is 0 Å². The number of sulfone groups is 1. The van der Waals surface area contributed by atoms with Gasteiger partial charge in [-0.05, 0) is 55.5 Å². The fourth-order valence-corrected chi connectivity index (χ4v) is 4.77. The second kappa shape index (κ2) is 9.52. The van der Waals surface area contributed by atoms with E-state index in [4.69, 9.17) is 5.26 Å². The summed E-state index contributed by atoms with van der Waals surface area (Å²) >= 11 is 0. The summed E-state index contributed by atoms with van der Waals surface area (Å²) in [5.74, 6) is -0.361. The van der Waals surface area contributed by atoms with Gasteiger partial charge in [0, 0.05) is 18.3 Å². The fourth-order valence-electron chi connectivity index (χ4n) is 3.49. The summed E-state index contributed by atoms with van der Waals surface area (Å²) in [6, 6.07) is 14.4. The number of nitrogens with one attached hydrogen (secondary N) is 2. The quantitative estimate of drug-likeness (QED) is 0.722. The van der Waals surface area contributed by atoms with Crippen LogP contribution in [0.15, 0.2) is 48.7 Å². The Morgan fingerprint density at radius 2 is 1.76 bits per heavy atom. The summed E-state index contributed by atoms with van der Waals surface area (Å²) < 4.78 is 24.6. The highest BCUT2D eigenvalue weighted by molar-refractivity contribution is 7.91. The van der Waals surface area contributed by atoms with Crippen LogP contribution < -0.4 is 10.6 Å². The van der Waals surface area contributed by atoms with Crippen molar-refractivity contribution >= 4 is 21.6 Å². The van der Waals surface area contributed by atoms with Gasteiger partial charge < -0.3 is 10.6 Å². The molecule has 1 heterocycles. The van der Waals surface area contributed by atoms with Crippen LogP contribution in [0.2, 0.25) is 0 Å². The summed E-state index contributed by atoms with van der Waals surface area (Å²) in [7, 11) is -3.57. The average molecular weight is 413 g/mol. The minimum absolute atomic E-state index is 0.00519. The Labute approximate surface area is 171 Å². The number of carbonyl (C=O) groups excluding carboxylic acids is 1. The van der Waals surface area contributed by atoms with Crippen molar-refractivity contribution in [1.29, 1.82) is 5.26 Å². The van der Waals surface area contributed by atoms with E-state index in [9.17, 15) is 13.2 Å². The Morgan fingerprint density at radius 3 is 2.38 bits per heavy atom. The first kappa shape index (κ1) is 20.8. The SMILES string of the molecule is N#Cc1ccc(CS(=O)(=O)CC(=O)NC2CCC(Nc3ccccn3)CC2)cc1. The van der Waals surface area contributed by atoms with E-state index in [0.717, 1.165) is 31.5 Å². The van der Waals surface area contributed by atoms with Crippen molar-refractivity contribution < 1.29 is 13.2 Å². The maximum absolute atomic E-state index is 12.3. The number of anilines is 1. The summed E-state index contributed by atoms with van der Waals surface area (Å²) in [5, 5.41) is 15.0. The molecule has 0 bridgehead atoms. The van der Waals surface area contributed by atoms with Gasteiger partial charge >= 0.3 is 0 Å². The molecule has 3 rings (SSSR count). The lowest BCUT2D eigenvalue weighted by molar-refractivity contribution is -0.119. The van der Waals surface area contributed by atoms with Crippen LogP contribution in [0.25, 0.3) is 0 Å². The Hall–Kier alpha value is -2.92. The van der Waals surface area contributed by atoms with E-state index in [0.29, 0.717) is 17.2 Å². The van der Waals surface area contributed by atoms with Gasteiger partial charge in [0.2, 0.25) is 5.91 Å². The van der Waals surface area contributed by atoms with E-state index in [1.807, 2.05) is 24.3 Å². The molecule has 8 heteroatoms. The highest BCUT2D eigenvalue weighted by Crippen LogP contribution is 2.21. The molecule has 1 aromatic heterocycles. The monoisotopic (exact) mass is 412 g/mol. The maximum atomic E-state index is 12.3. The molecule has 2 aromatic rings. The van der Waals surface area contributed by atoms with Crippen LogP contribution in [0, 0.1) is 11.3 Å². The van der Waals surface area contributed by atoms with Crippen molar-refractivity contribution in [2.24, 2.45) is 0 Å². The molecule has 1 aromatic carbocycles. The van der Waals surface area contributed by atoms with Gasteiger partial charge in [0.15, 0.2) is 9.84 Å². The zero-order chi connectivity index (χ0) is 20.7. The number of rotatable bonds is 7. The summed E-state index contributed by atoms with van der Waals surface area (Å²) in [5.41, 5.74) is 1.04. The van der Waals surface area contributed by atoms with Crippen LogP contribution in [-0.4, -0.2) is 37.1 Å². The predicted octanol–water partition coefficient (Wildman–Crippen LogP) is 2.41. The largest absolute Gasteiger partial charge is 0.367 e. The molecule has 1 saturated carbocycles. The second-order valence-corrected chi connectivity index (χ2v) is 9.38. The first-order valence-corrected chi connectivity index (χ1v) is 11.4. The normalized spacial score (nSPS) is 19.1. The Bertz CT molecular complexity index is 961. The molecule has 2 N–H and O–H groups in total. The van der Waals surface area contributed by atoms with Crippen molar-refractivity contribution in [3.05, 3.63) is 59.8 Å². The van der Waals surface area contributed by atoms with E-state index in [-0.39, 0.29) is 11.8 Å². The fraction of sp³-hybridized carbons (Fsp3) is 0.381. The van der Waals surface area contributed by atoms with Gasteiger partial charge in [-0.3, -0.25) is 4.79 Å². The van der Waals surface area contributed by atoms with E-state index in [1.54, 1.807) is 30.5 Å². The van der Waals surface area contributed by atoms with Crippen LogP contribution in [-0.2, 0) is 20.4 Å². The number of aromatic nitrogens is 1. The molecule has 0 unspecified atom stereocenters. The number of hydrogen-bond donors (Lipinski definition) is 2. The molecule has 152 valence electrons. The summed E-state index contributed by atoms with van der Waals surface area (Å²) in [4.78, 5) is 16.5. The van der Waals surface area contributed by atoms with Crippen molar-refractivity contribution in [2.45, 2.75) is 43.5 Å². The van der Waals surface area contributed by atoms with Crippen LogP contribution in [0.5, 0.6) is 0 Å². The van der Waals surface area contributed by atoms with E-state index in [2.05, 4.69) is 15.6 Å². The lowest BCUT2D eigenvalue weighted by atomic mass is 9.91. The zero-order valence-corrected chi connectivity index (χ0v) is 16.9. The van der Waals surface area contributed by atoms with Crippen molar-refractivity contribution in [1.82, 2.24) is 10.3 Å². The Balaban J connectivity index is 1.43. The number of amides is 1. The number of nitriles is 1. The van der Waals surface area contributed by atoms with E-state index in [1.165, 1.54) is 0 Å². The van der Waals surface area contributed by atoms with Crippen molar-refractivity contribution in [3.63, 3.8) is 0 Å². The molecule has 0 saturated heterocycles. The third-order valence-corrected chi connectivity index (χ3v) is 6.40. The van der Waals surface area contributed by atoms with Crippen LogP contribution >= 0.6 is 0 Å². The van der Waals surface area contributed by atoms with Gasteiger partial charge in [-0.25, -0.2) is 13.4 Å². The van der Waals surface area contributed by atoms with Gasteiger partial charge in [0.1, 0.15) is 11.6 Å². The lowest BCUT2D eigenvalue weighted by Gasteiger charge is -2.30. The molecule has 0 radical (unpaired) electrons. The van der Waals surface area contributed by atoms with Crippen LogP contribution in [0.3, 0.4) is 0 Å². The Kier molecular flexibility index (Phi) is 6.83. The molecule has 0 spiro atoms. The van der Waals surface area contributed by atoms with Crippen molar-refractivity contribution in [3.8, 4) is 6.07 Å².